The first kappa shape index (κ1) is 16.8. The normalized spacial score (nSPS) is 21.2. The highest BCUT2D eigenvalue weighted by atomic mass is 16.5. The molecule has 1 N–H and O–H groups in total. The number of hydrogen-bond acceptors (Lipinski definition) is 4. The summed E-state index contributed by atoms with van der Waals surface area (Å²) in [6, 6.07) is 8.84. The van der Waals surface area contributed by atoms with E-state index in [2.05, 4.69) is 10.4 Å². The molecule has 0 saturated carbocycles. The van der Waals surface area contributed by atoms with Gasteiger partial charge < -0.3 is 15.0 Å². The maximum Gasteiger partial charge on any atom is 0.254 e. The first-order chi connectivity index (χ1) is 12.7. The van der Waals surface area contributed by atoms with Crippen LogP contribution in [0.2, 0.25) is 0 Å². The van der Waals surface area contributed by atoms with Crippen LogP contribution in [0.3, 0.4) is 0 Å². The number of nitrogens with zero attached hydrogens (tertiary/aromatic N) is 3. The standard InChI is InChI=1S/C19H22N4O3/c24-18(15-4-1-2-5-17(15)23-10-3-9-20-23)21-16-6-11-22(19(16)25)14-7-12-26-13-8-14/h1-5,9-10,14,16H,6-8,11-13H2,(H,21,24). The summed E-state index contributed by atoms with van der Waals surface area (Å²) in [6.45, 7) is 2.08. The lowest BCUT2D eigenvalue weighted by atomic mass is 10.1. The molecule has 0 spiro atoms. The zero-order valence-corrected chi connectivity index (χ0v) is 14.5. The molecule has 7 heteroatoms. The largest absolute Gasteiger partial charge is 0.381 e. The van der Waals surface area contributed by atoms with Gasteiger partial charge in [0.05, 0.1) is 11.3 Å². The molecule has 2 aromatic rings. The van der Waals surface area contributed by atoms with Gasteiger partial charge in [0.2, 0.25) is 5.91 Å². The van der Waals surface area contributed by atoms with Gasteiger partial charge in [-0.15, -0.1) is 0 Å². The van der Waals surface area contributed by atoms with Crippen molar-refractivity contribution < 1.29 is 14.3 Å². The predicted molar refractivity (Wildman–Crippen MR) is 95.0 cm³/mol. The minimum absolute atomic E-state index is 0.0156. The second-order valence-electron chi connectivity index (χ2n) is 6.66. The zero-order valence-electron chi connectivity index (χ0n) is 14.5. The molecule has 1 unspecified atom stereocenters. The highest BCUT2D eigenvalue weighted by Crippen LogP contribution is 2.22. The van der Waals surface area contributed by atoms with E-state index in [1.54, 1.807) is 29.2 Å². The Balaban J connectivity index is 1.47. The lowest BCUT2D eigenvalue weighted by molar-refractivity contribution is -0.132. The summed E-state index contributed by atoms with van der Waals surface area (Å²) in [4.78, 5) is 27.4. The molecule has 136 valence electrons. The average Bonchev–Trinajstić information content (AvgIpc) is 3.33. The van der Waals surface area contributed by atoms with Crippen LogP contribution in [-0.2, 0) is 9.53 Å². The fourth-order valence-electron chi connectivity index (χ4n) is 3.71. The molecular weight excluding hydrogens is 332 g/mol. The maximum atomic E-state index is 12.8. The van der Waals surface area contributed by atoms with Gasteiger partial charge in [0.25, 0.3) is 5.91 Å². The molecular formula is C19H22N4O3. The van der Waals surface area contributed by atoms with E-state index in [-0.39, 0.29) is 17.9 Å². The van der Waals surface area contributed by atoms with Gasteiger partial charge in [-0.2, -0.15) is 5.10 Å². The van der Waals surface area contributed by atoms with Crippen molar-refractivity contribution in [1.82, 2.24) is 20.0 Å². The van der Waals surface area contributed by atoms with Crippen LogP contribution < -0.4 is 5.32 Å². The second kappa shape index (κ2) is 7.29. The molecule has 2 saturated heterocycles. The number of rotatable bonds is 4. The van der Waals surface area contributed by atoms with Gasteiger partial charge >= 0.3 is 0 Å². The van der Waals surface area contributed by atoms with Gasteiger partial charge in [-0.1, -0.05) is 12.1 Å². The van der Waals surface area contributed by atoms with Crippen molar-refractivity contribution in [3.8, 4) is 5.69 Å². The Bertz CT molecular complexity index is 784. The molecule has 2 fully saturated rings. The molecule has 0 bridgehead atoms. The molecule has 4 rings (SSSR count). The monoisotopic (exact) mass is 354 g/mol. The second-order valence-corrected chi connectivity index (χ2v) is 6.66. The van der Waals surface area contributed by atoms with Crippen LogP contribution in [0.25, 0.3) is 5.69 Å². The predicted octanol–water partition coefficient (Wildman–Crippen LogP) is 1.38. The Kier molecular flexibility index (Phi) is 4.71. The number of nitrogens with one attached hydrogen (secondary N) is 1. The van der Waals surface area contributed by atoms with Gasteiger partial charge in [0, 0.05) is 38.2 Å². The fourth-order valence-corrected chi connectivity index (χ4v) is 3.71. The van der Waals surface area contributed by atoms with Crippen LogP contribution in [0, 0.1) is 0 Å². The van der Waals surface area contributed by atoms with E-state index < -0.39 is 6.04 Å². The summed E-state index contributed by atoms with van der Waals surface area (Å²) in [5.74, 6) is -0.231. The maximum absolute atomic E-state index is 12.8. The van der Waals surface area contributed by atoms with Crippen molar-refractivity contribution >= 4 is 11.8 Å². The lowest BCUT2D eigenvalue weighted by Crippen LogP contribution is -2.46. The first-order valence-electron chi connectivity index (χ1n) is 9.02. The number of likely N-dealkylation sites (tertiary alicyclic amines) is 1. The average molecular weight is 354 g/mol. The van der Waals surface area contributed by atoms with E-state index in [0.29, 0.717) is 37.4 Å². The number of aromatic nitrogens is 2. The number of amides is 2. The third kappa shape index (κ3) is 3.22. The smallest absolute Gasteiger partial charge is 0.254 e. The molecule has 1 aromatic carbocycles. The number of hydrogen-bond donors (Lipinski definition) is 1. The molecule has 7 nitrogen and oxygen atoms in total. The summed E-state index contributed by atoms with van der Waals surface area (Å²) in [5.41, 5.74) is 1.20. The van der Waals surface area contributed by atoms with Crippen LogP contribution in [0.4, 0.5) is 0 Å². The molecule has 2 aliphatic rings. The van der Waals surface area contributed by atoms with Crippen molar-refractivity contribution in [3.63, 3.8) is 0 Å². The van der Waals surface area contributed by atoms with Gasteiger partial charge in [0.15, 0.2) is 0 Å². The Labute approximate surface area is 151 Å². The van der Waals surface area contributed by atoms with E-state index in [1.807, 2.05) is 23.1 Å². The summed E-state index contributed by atoms with van der Waals surface area (Å²) >= 11 is 0. The van der Waals surface area contributed by atoms with Crippen LogP contribution in [0.15, 0.2) is 42.7 Å². The zero-order chi connectivity index (χ0) is 17.9. The van der Waals surface area contributed by atoms with E-state index in [0.717, 1.165) is 12.8 Å². The van der Waals surface area contributed by atoms with E-state index in [4.69, 9.17) is 4.74 Å². The molecule has 0 aliphatic carbocycles. The number of carbonyl (C=O) groups is 2. The van der Waals surface area contributed by atoms with Crippen LogP contribution >= 0.6 is 0 Å². The Morgan fingerprint density at radius 2 is 1.96 bits per heavy atom. The molecule has 0 radical (unpaired) electrons. The third-order valence-electron chi connectivity index (χ3n) is 5.08. The topological polar surface area (TPSA) is 76.5 Å². The van der Waals surface area contributed by atoms with Gasteiger partial charge in [-0.05, 0) is 37.5 Å². The van der Waals surface area contributed by atoms with Crippen LogP contribution in [0.5, 0.6) is 0 Å². The van der Waals surface area contributed by atoms with Gasteiger partial charge in [0.1, 0.15) is 6.04 Å². The highest BCUT2D eigenvalue weighted by Gasteiger charge is 2.37. The van der Waals surface area contributed by atoms with E-state index in [1.165, 1.54) is 0 Å². The van der Waals surface area contributed by atoms with Crippen molar-refractivity contribution in [2.24, 2.45) is 0 Å². The molecule has 1 atom stereocenters. The minimum Gasteiger partial charge on any atom is -0.381 e. The summed E-state index contributed by atoms with van der Waals surface area (Å²) in [5, 5.41) is 7.11. The number of para-hydroxylation sites is 1. The third-order valence-corrected chi connectivity index (χ3v) is 5.08. The van der Waals surface area contributed by atoms with Crippen molar-refractivity contribution in [1.29, 1.82) is 0 Å². The van der Waals surface area contributed by atoms with Gasteiger partial charge in [-0.25, -0.2) is 4.68 Å². The summed E-state index contributed by atoms with van der Waals surface area (Å²) < 4.78 is 7.03. The Morgan fingerprint density at radius 3 is 2.73 bits per heavy atom. The van der Waals surface area contributed by atoms with Crippen molar-refractivity contribution in [3.05, 3.63) is 48.3 Å². The highest BCUT2D eigenvalue weighted by molar-refractivity contribution is 6.00. The van der Waals surface area contributed by atoms with E-state index >= 15 is 0 Å². The van der Waals surface area contributed by atoms with Crippen LogP contribution in [-0.4, -0.2) is 58.3 Å². The first-order valence-corrected chi connectivity index (χ1v) is 9.02. The molecule has 2 amide bonds. The van der Waals surface area contributed by atoms with Crippen molar-refractivity contribution in [2.45, 2.75) is 31.3 Å². The molecule has 3 heterocycles. The number of carbonyl (C=O) groups excluding carboxylic acids is 2. The summed E-state index contributed by atoms with van der Waals surface area (Å²) in [7, 11) is 0. The minimum atomic E-state index is -0.462. The lowest BCUT2D eigenvalue weighted by Gasteiger charge is -2.31. The number of benzene rings is 1. The van der Waals surface area contributed by atoms with Crippen molar-refractivity contribution in [2.75, 3.05) is 19.8 Å². The SMILES string of the molecule is O=C(NC1CCN(C2CCOCC2)C1=O)c1ccccc1-n1cccn1. The van der Waals surface area contributed by atoms with E-state index in [9.17, 15) is 9.59 Å². The fraction of sp³-hybridized carbons (Fsp3) is 0.421. The quantitative estimate of drug-likeness (QED) is 0.900. The van der Waals surface area contributed by atoms with Crippen LogP contribution in [0.1, 0.15) is 29.6 Å². The van der Waals surface area contributed by atoms with Gasteiger partial charge in [-0.3, -0.25) is 9.59 Å². The molecule has 26 heavy (non-hydrogen) atoms. The Hall–Kier alpha value is -2.67. The Morgan fingerprint density at radius 1 is 1.15 bits per heavy atom. The molecule has 2 aliphatic heterocycles. The molecule has 1 aromatic heterocycles. The summed E-state index contributed by atoms with van der Waals surface area (Å²) in [6.07, 6.45) is 5.84. The number of ether oxygens (including phenoxy) is 1.